The van der Waals surface area contributed by atoms with Gasteiger partial charge in [-0.05, 0) is 35.1 Å². The molecule has 2 rings (SSSR count). The van der Waals surface area contributed by atoms with Crippen LogP contribution in [0.3, 0.4) is 0 Å². The molecule has 0 amide bonds. The average Bonchev–Trinajstić information content (AvgIpc) is 2.71. The van der Waals surface area contributed by atoms with Gasteiger partial charge in [0.1, 0.15) is 0 Å². The van der Waals surface area contributed by atoms with Crippen LogP contribution in [0.5, 0.6) is 0 Å². The van der Waals surface area contributed by atoms with Gasteiger partial charge in [-0.2, -0.15) is 0 Å². The van der Waals surface area contributed by atoms with Gasteiger partial charge in [-0.25, -0.2) is 4.37 Å². The van der Waals surface area contributed by atoms with E-state index in [0.29, 0.717) is 0 Å². The highest BCUT2D eigenvalue weighted by atomic mass is 32.1. The van der Waals surface area contributed by atoms with Gasteiger partial charge in [0.2, 0.25) is 0 Å². The lowest BCUT2D eigenvalue weighted by Gasteiger charge is -2.01. The lowest BCUT2D eigenvalue weighted by molar-refractivity contribution is 1.11. The van der Waals surface area contributed by atoms with Crippen molar-refractivity contribution in [2.24, 2.45) is 0 Å². The fourth-order valence-electron chi connectivity index (χ4n) is 1.49. The van der Waals surface area contributed by atoms with E-state index in [9.17, 15) is 0 Å². The lowest BCUT2D eigenvalue weighted by atomic mass is 10.1. The van der Waals surface area contributed by atoms with Gasteiger partial charge in [0.25, 0.3) is 0 Å². The predicted octanol–water partition coefficient (Wildman–Crippen LogP) is 3.30. The highest BCUT2D eigenvalue weighted by Crippen LogP contribution is 2.14. The van der Waals surface area contributed by atoms with Crippen molar-refractivity contribution < 1.29 is 0 Å². The molecule has 0 aliphatic rings. The molecule has 2 heteroatoms. The third-order valence-electron chi connectivity index (χ3n) is 2.27. The van der Waals surface area contributed by atoms with Gasteiger partial charge >= 0.3 is 0 Å². The number of benzene rings is 1. The maximum Gasteiger partial charge on any atom is 0.0409 e. The van der Waals surface area contributed by atoms with Gasteiger partial charge in [0.15, 0.2) is 0 Å². The molecular formula is C12H13NS. The van der Waals surface area contributed by atoms with Gasteiger partial charge in [-0.3, -0.25) is 0 Å². The topological polar surface area (TPSA) is 12.9 Å². The molecule has 0 fully saturated rings. The van der Waals surface area contributed by atoms with Crippen LogP contribution in [0.15, 0.2) is 36.5 Å². The highest BCUT2D eigenvalue weighted by molar-refractivity contribution is 7.05. The quantitative estimate of drug-likeness (QED) is 0.746. The molecule has 14 heavy (non-hydrogen) atoms. The van der Waals surface area contributed by atoms with Crippen LogP contribution in [0.25, 0.3) is 0 Å². The Morgan fingerprint density at radius 3 is 2.79 bits per heavy atom. The predicted molar refractivity (Wildman–Crippen MR) is 60.7 cm³/mol. The Labute approximate surface area is 88.6 Å². The number of nitrogens with zero attached hydrogens (tertiary/aromatic N) is 1. The van der Waals surface area contributed by atoms with Crippen molar-refractivity contribution in [1.82, 2.24) is 4.37 Å². The van der Waals surface area contributed by atoms with E-state index >= 15 is 0 Å². The summed E-state index contributed by atoms with van der Waals surface area (Å²) in [7, 11) is 0. The first kappa shape index (κ1) is 9.41. The maximum atomic E-state index is 4.10. The molecule has 1 nitrogen and oxygen atoms in total. The Bertz CT molecular complexity index is 392. The molecule has 0 unspecified atom stereocenters. The molecule has 1 aromatic heterocycles. The minimum Gasteiger partial charge on any atom is -0.201 e. The summed E-state index contributed by atoms with van der Waals surface area (Å²) in [5.74, 6) is 0. The Kier molecular flexibility index (Phi) is 2.94. The van der Waals surface area contributed by atoms with Crippen LogP contribution in [-0.4, -0.2) is 4.37 Å². The van der Waals surface area contributed by atoms with Crippen LogP contribution in [0.2, 0.25) is 0 Å². The van der Waals surface area contributed by atoms with E-state index in [4.69, 9.17) is 0 Å². The number of aryl methyl sites for hydroxylation is 1. The Hall–Kier alpha value is -1.15. The van der Waals surface area contributed by atoms with Gasteiger partial charge in [0, 0.05) is 17.5 Å². The van der Waals surface area contributed by atoms with Crippen LogP contribution in [-0.2, 0) is 12.8 Å². The number of rotatable bonds is 3. The van der Waals surface area contributed by atoms with Crippen molar-refractivity contribution in [2.75, 3.05) is 0 Å². The summed E-state index contributed by atoms with van der Waals surface area (Å²) in [5.41, 5.74) is 2.79. The van der Waals surface area contributed by atoms with Crippen LogP contribution in [0.1, 0.15) is 22.9 Å². The molecule has 0 saturated carbocycles. The van der Waals surface area contributed by atoms with E-state index in [1.54, 1.807) is 11.5 Å². The number of aromatic nitrogens is 1. The molecule has 0 atom stereocenters. The monoisotopic (exact) mass is 203 g/mol. The van der Waals surface area contributed by atoms with Gasteiger partial charge < -0.3 is 0 Å². The number of hydrogen-bond donors (Lipinski definition) is 0. The molecule has 0 N–H and O–H groups in total. The van der Waals surface area contributed by atoms with Crippen molar-refractivity contribution in [3.8, 4) is 0 Å². The van der Waals surface area contributed by atoms with E-state index in [-0.39, 0.29) is 0 Å². The molecule has 0 aliphatic heterocycles. The van der Waals surface area contributed by atoms with Crippen molar-refractivity contribution >= 4 is 11.5 Å². The normalized spacial score (nSPS) is 10.4. The number of hydrogen-bond acceptors (Lipinski definition) is 2. The molecule has 0 bridgehead atoms. The second-order valence-corrected chi connectivity index (χ2v) is 4.25. The Morgan fingerprint density at radius 1 is 1.21 bits per heavy atom. The summed E-state index contributed by atoms with van der Waals surface area (Å²) in [6, 6.07) is 10.9. The van der Waals surface area contributed by atoms with Crippen molar-refractivity contribution in [3.05, 3.63) is 52.5 Å². The third-order valence-corrected chi connectivity index (χ3v) is 3.01. The second-order valence-electron chi connectivity index (χ2n) is 3.33. The summed E-state index contributed by atoms with van der Waals surface area (Å²) in [5, 5.41) is 0. The van der Waals surface area contributed by atoms with E-state index in [1.165, 1.54) is 16.0 Å². The molecule has 1 heterocycles. The van der Waals surface area contributed by atoms with Crippen LogP contribution in [0.4, 0.5) is 0 Å². The molecule has 2 aromatic rings. The third kappa shape index (κ3) is 2.20. The summed E-state index contributed by atoms with van der Waals surface area (Å²) in [6.07, 6.45) is 3.98. The van der Waals surface area contributed by atoms with Crippen LogP contribution in [0, 0.1) is 0 Å². The van der Waals surface area contributed by atoms with Gasteiger partial charge in [-0.1, -0.05) is 31.2 Å². The van der Waals surface area contributed by atoms with Crippen molar-refractivity contribution in [3.63, 3.8) is 0 Å². The molecule has 0 spiro atoms. The molecule has 0 saturated heterocycles. The second kappa shape index (κ2) is 4.38. The summed E-state index contributed by atoms with van der Waals surface area (Å²) >= 11 is 1.58. The first-order valence-electron chi connectivity index (χ1n) is 4.86. The summed E-state index contributed by atoms with van der Waals surface area (Å²) < 4.78 is 4.10. The lowest BCUT2D eigenvalue weighted by Crippen LogP contribution is -1.87. The smallest absolute Gasteiger partial charge is 0.0409 e. The largest absolute Gasteiger partial charge is 0.201 e. The standard InChI is InChI=1S/C12H13NS/c1-2-10-4-3-5-11(8-10)9-12-6-7-13-14-12/h3-8H,2,9H2,1H3. The van der Waals surface area contributed by atoms with E-state index in [2.05, 4.69) is 41.6 Å². The zero-order valence-corrected chi connectivity index (χ0v) is 9.05. The average molecular weight is 203 g/mol. The zero-order chi connectivity index (χ0) is 9.80. The van der Waals surface area contributed by atoms with E-state index in [1.807, 2.05) is 6.20 Å². The maximum absolute atomic E-state index is 4.10. The minimum atomic E-state index is 1.01. The van der Waals surface area contributed by atoms with E-state index in [0.717, 1.165) is 12.8 Å². The van der Waals surface area contributed by atoms with Gasteiger partial charge in [0.05, 0.1) is 0 Å². The van der Waals surface area contributed by atoms with Crippen molar-refractivity contribution in [2.45, 2.75) is 19.8 Å². The van der Waals surface area contributed by atoms with Crippen LogP contribution < -0.4 is 0 Å². The Morgan fingerprint density at radius 2 is 2.07 bits per heavy atom. The molecule has 72 valence electrons. The minimum absolute atomic E-state index is 1.01. The Balaban J connectivity index is 2.17. The fourth-order valence-corrected chi connectivity index (χ4v) is 2.10. The van der Waals surface area contributed by atoms with Crippen LogP contribution >= 0.6 is 11.5 Å². The molecule has 0 radical (unpaired) electrons. The molecule has 0 aliphatic carbocycles. The summed E-state index contributed by atoms with van der Waals surface area (Å²) in [6.45, 7) is 2.19. The first-order chi connectivity index (χ1) is 6.88. The SMILES string of the molecule is CCc1cccc(Cc2ccns2)c1. The van der Waals surface area contributed by atoms with E-state index < -0.39 is 0 Å². The molecule has 1 aromatic carbocycles. The zero-order valence-electron chi connectivity index (χ0n) is 8.23. The van der Waals surface area contributed by atoms with Gasteiger partial charge in [-0.15, -0.1) is 0 Å². The first-order valence-corrected chi connectivity index (χ1v) is 5.63. The highest BCUT2D eigenvalue weighted by Gasteiger charge is 1.98. The fraction of sp³-hybridized carbons (Fsp3) is 0.250. The van der Waals surface area contributed by atoms with Crippen molar-refractivity contribution in [1.29, 1.82) is 0 Å². The summed E-state index contributed by atoms with van der Waals surface area (Å²) in [4.78, 5) is 1.33. The molecular weight excluding hydrogens is 190 g/mol.